The van der Waals surface area contributed by atoms with Crippen LogP contribution in [-0.2, 0) is 4.74 Å². The molecule has 4 heteroatoms. The van der Waals surface area contributed by atoms with Crippen molar-refractivity contribution in [3.05, 3.63) is 35.3 Å². The van der Waals surface area contributed by atoms with Crippen LogP contribution in [0.5, 0.6) is 0 Å². The molecule has 0 saturated carbocycles. The smallest absolute Gasteiger partial charge is 0.168 e. The van der Waals surface area contributed by atoms with Crippen molar-refractivity contribution in [3.63, 3.8) is 0 Å². The normalized spacial score (nSPS) is 11.8. The van der Waals surface area contributed by atoms with Gasteiger partial charge in [-0.25, -0.2) is 4.39 Å². The minimum atomic E-state index is -0.551. The molecular formula is C8H9BBrFO. The standard InChI is InChI=1S/C8H9BBrFO/c1-3-7(11)8(6(2)10)12-5-4-9/h3H,1-2,4-5H2/b8-7-. The summed E-state index contributed by atoms with van der Waals surface area (Å²) in [5, 5.41) is 0. The molecule has 0 aliphatic heterocycles. The first kappa shape index (κ1) is 11.5. The Morgan fingerprint density at radius 2 is 2.25 bits per heavy atom. The van der Waals surface area contributed by atoms with E-state index >= 15 is 0 Å². The Morgan fingerprint density at radius 3 is 2.58 bits per heavy atom. The highest BCUT2D eigenvalue weighted by molar-refractivity contribution is 9.11. The number of hydrogen-bond donors (Lipinski definition) is 0. The van der Waals surface area contributed by atoms with Gasteiger partial charge < -0.3 is 4.74 Å². The van der Waals surface area contributed by atoms with Gasteiger partial charge in [-0.15, -0.1) is 0 Å². The molecule has 2 radical (unpaired) electrons. The fourth-order valence-electron chi connectivity index (χ4n) is 0.531. The van der Waals surface area contributed by atoms with Crippen LogP contribution in [0.4, 0.5) is 4.39 Å². The zero-order chi connectivity index (χ0) is 9.56. The third-order valence-corrected chi connectivity index (χ3v) is 1.37. The highest BCUT2D eigenvalue weighted by atomic mass is 79.9. The van der Waals surface area contributed by atoms with Crippen LogP contribution in [0, 0.1) is 0 Å². The van der Waals surface area contributed by atoms with Crippen molar-refractivity contribution in [3.8, 4) is 0 Å². The lowest BCUT2D eigenvalue weighted by Crippen LogP contribution is -1.96. The minimum absolute atomic E-state index is 0.0513. The van der Waals surface area contributed by atoms with Gasteiger partial charge in [0.1, 0.15) is 0 Å². The third kappa shape index (κ3) is 3.76. The van der Waals surface area contributed by atoms with Crippen LogP contribution in [0.15, 0.2) is 35.3 Å². The molecule has 0 amide bonds. The average Bonchev–Trinajstić information content (AvgIpc) is 2.04. The predicted molar refractivity (Wildman–Crippen MR) is 52.9 cm³/mol. The Morgan fingerprint density at radius 1 is 1.67 bits per heavy atom. The maximum atomic E-state index is 12.9. The van der Waals surface area contributed by atoms with E-state index in [0.717, 1.165) is 6.08 Å². The van der Waals surface area contributed by atoms with Gasteiger partial charge in [0.15, 0.2) is 11.6 Å². The van der Waals surface area contributed by atoms with Gasteiger partial charge in [0, 0.05) is 0 Å². The molecule has 0 atom stereocenters. The Kier molecular flexibility index (Phi) is 5.81. The van der Waals surface area contributed by atoms with Crippen LogP contribution in [0.1, 0.15) is 0 Å². The predicted octanol–water partition coefficient (Wildman–Crippen LogP) is 2.87. The van der Waals surface area contributed by atoms with E-state index in [9.17, 15) is 4.39 Å². The summed E-state index contributed by atoms with van der Waals surface area (Å²) in [7, 11) is 5.18. The van der Waals surface area contributed by atoms with Crippen molar-refractivity contribution < 1.29 is 9.13 Å². The van der Waals surface area contributed by atoms with Gasteiger partial charge in [-0.05, 0) is 22.0 Å². The van der Waals surface area contributed by atoms with E-state index in [1.807, 2.05) is 0 Å². The molecule has 12 heavy (non-hydrogen) atoms. The highest BCUT2D eigenvalue weighted by Gasteiger charge is 2.06. The van der Waals surface area contributed by atoms with Crippen molar-refractivity contribution in [2.24, 2.45) is 0 Å². The maximum Gasteiger partial charge on any atom is 0.168 e. The van der Waals surface area contributed by atoms with Gasteiger partial charge in [0.2, 0.25) is 0 Å². The summed E-state index contributed by atoms with van der Waals surface area (Å²) in [5.74, 6) is -0.499. The second kappa shape index (κ2) is 6.06. The molecule has 0 unspecified atom stereocenters. The van der Waals surface area contributed by atoms with Gasteiger partial charge in [-0.2, -0.15) is 0 Å². The quantitative estimate of drug-likeness (QED) is 0.401. The Bertz CT molecular complexity index is 213. The Hall–Kier alpha value is -0.505. The third-order valence-electron chi connectivity index (χ3n) is 1.01. The van der Waals surface area contributed by atoms with E-state index in [0.29, 0.717) is 10.8 Å². The van der Waals surface area contributed by atoms with E-state index in [2.05, 4.69) is 29.1 Å². The summed E-state index contributed by atoms with van der Waals surface area (Å²) in [6.07, 6.45) is 1.38. The lowest BCUT2D eigenvalue weighted by Gasteiger charge is -2.07. The van der Waals surface area contributed by atoms with E-state index in [4.69, 9.17) is 12.6 Å². The maximum absolute atomic E-state index is 12.9. The summed E-state index contributed by atoms with van der Waals surface area (Å²) in [4.78, 5) is 0. The van der Waals surface area contributed by atoms with E-state index in [-0.39, 0.29) is 12.4 Å². The van der Waals surface area contributed by atoms with Gasteiger partial charge in [0.25, 0.3) is 0 Å². The lowest BCUT2D eigenvalue weighted by atomic mass is 10.1. The molecule has 0 aliphatic rings. The monoisotopic (exact) mass is 230 g/mol. The lowest BCUT2D eigenvalue weighted by molar-refractivity contribution is 0.232. The average molecular weight is 231 g/mol. The molecule has 0 bridgehead atoms. The first-order valence-corrected chi connectivity index (χ1v) is 4.12. The summed E-state index contributed by atoms with van der Waals surface area (Å²) >= 11 is 3.01. The van der Waals surface area contributed by atoms with Crippen molar-refractivity contribution in [1.82, 2.24) is 0 Å². The largest absolute Gasteiger partial charge is 0.490 e. The summed E-state index contributed by atoms with van der Waals surface area (Å²) in [5.41, 5.74) is 0. The van der Waals surface area contributed by atoms with E-state index < -0.39 is 5.83 Å². The molecule has 0 heterocycles. The van der Waals surface area contributed by atoms with Crippen LogP contribution in [0.2, 0.25) is 6.32 Å². The topological polar surface area (TPSA) is 9.23 Å². The number of halogens is 2. The Labute approximate surface area is 81.5 Å². The zero-order valence-electron chi connectivity index (χ0n) is 6.65. The number of hydrogen-bond acceptors (Lipinski definition) is 1. The number of allylic oxidation sites excluding steroid dienone is 3. The summed E-state index contributed by atoms with van der Waals surface area (Å²) in [6.45, 7) is 7.00. The van der Waals surface area contributed by atoms with E-state index in [1.54, 1.807) is 0 Å². The molecule has 0 aromatic rings. The van der Waals surface area contributed by atoms with Crippen molar-refractivity contribution >= 4 is 23.8 Å². The fraction of sp³-hybridized carbons (Fsp3) is 0.250. The van der Waals surface area contributed by atoms with Gasteiger partial charge in [-0.3, -0.25) is 0 Å². The van der Waals surface area contributed by atoms with Gasteiger partial charge in [-0.1, -0.05) is 19.5 Å². The van der Waals surface area contributed by atoms with Crippen molar-refractivity contribution in [2.45, 2.75) is 6.32 Å². The van der Waals surface area contributed by atoms with E-state index in [1.165, 1.54) is 0 Å². The second-order valence-electron chi connectivity index (χ2n) is 1.92. The molecule has 1 nitrogen and oxygen atoms in total. The van der Waals surface area contributed by atoms with Crippen molar-refractivity contribution in [2.75, 3.05) is 6.61 Å². The molecule has 0 rings (SSSR count). The molecule has 0 aromatic heterocycles. The summed E-state index contributed by atoms with van der Waals surface area (Å²) < 4.78 is 18.2. The van der Waals surface area contributed by atoms with Crippen LogP contribution >= 0.6 is 15.9 Å². The molecule has 0 aromatic carbocycles. The number of rotatable bonds is 5. The molecule has 64 valence electrons. The van der Waals surface area contributed by atoms with Crippen molar-refractivity contribution in [1.29, 1.82) is 0 Å². The molecule has 0 fully saturated rings. The zero-order valence-corrected chi connectivity index (χ0v) is 8.23. The SMILES string of the molecule is [B]CCO/C(C(=C)Br)=C(\F)C=C. The first-order chi connectivity index (χ1) is 5.63. The van der Waals surface area contributed by atoms with Crippen LogP contribution in [-0.4, -0.2) is 14.5 Å². The Balaban J connectivity index is 4.43. The highest BCUT2D eigenvalue weighted by Crippen LogP contribution is 2.21. The van der Waals surface area contributed by atoms with Crippen LogP contribution in [0.25, 0.3) is 0 Å². The van der Waals surface area contributed by atoms with Gasteiger partial charge in [0.05, 0.1) is 18.9 Å². The molecule has 0 aliphatic carbocycles. The summed E-state index contributed by atoms with van der Waals surface area (Å²) in [6, 6.07) is 0. The van der Waals surface area contributed by atoms with Crippen LogP contribution < -0.4 is 0 Å². The molecule has 0 spiro atoms. The van der Waals surface area contributed by atoms with Crippen LogP contribution in [0.3, 0.4) is 0 Å². The fourth-order valence-corrected chi connectivity index (χ4v) is 0.834. The second-order valence-corrected chi connectivity index (χ2v) is 2.88. The molecule has 0 N–H and O–H groups in total. The number of ether oxygens (including phenoxy) is 1. The minimum Gasteiger partial charge on any atom is -0.490 e. The molecular weight excluding hydrogens is 222 g/mol. The molecule has 0 saturated heterocycles. The first-order valence-electron chi connectivity index (χ1n) is 3.33. The van der Waals surface area contributed by atoms with Gasteiger partial charge >= 0.3 is 0 Å².